The van der Waals surface area contributed by atoms with Gasteiger partial charge in [-0.2, -0.15) is 0 Å². The summed E-state index contributed by atoms with van der Waals surface area (Å²) in [4.78, 5) is 34.3. The highest BCUT2D eigenvalue weighted by atomic mass is 16.6. The smallest absolute Gasteiger partial charge is 0.377 e. The molecular weight excluding hydrogens is 296 g/mol. The van der Waals surface area contributed by atoms with Crippen LogP contribution in [-0.2, 0) is 30.3 Å². The molecule has 9 nitrogen and oxygen atoms in total. The molecule has 1 aliphatic heterocycles. The molecule has 2 rings (SSSR count). The lowest BCUT2D eigenvalue weighted by Crippen LogP contribution is -2.41. The van der Waals surface area contributed by atoms with Crippen LogP contribution in [0, 0.1) is 0 Å². The van der Waals surface area contributed by atoms with Crippen molar-refractivity contribution >= 4 is 17.9 Å². The number of furan rings is 1. The van der Waals surface area contributed by atoms with E-state index in [0.717, 1.165) is 6.26 Å². The van der Waals surface area contributed by atoms with Gasteiger partial charge in [0.15, 0.2) is 6.61 Å². The van der Waals surface area contributed by atoms with E-state index < -0.39 is 24.5 Å². The van der Waals surface area contributed by atoms with Crippen molar-refractivity contribution in [1.29, 1.82) is 0 Å². The zero-order valence-electron chi connectivity index (χ0n) is 11.5. The summed E-state index contributed by atoms with van der Waals surface area (Å²) in [6.07, 6.45) is 2.57. The van der Waals surface area contributed by atoms with Gasteiger partial charge >= 0.3 is 12.0 Å². The van der Waals surface area contributed by atoms with Gasteiger partial charge in [0.25, 0.3) is 5.91 Å². The van der Waals surface area contributed by atoms with E-state index in [1.165, 1.54) is 6.26 Å². The van der Waals surface area contributed by atoms with Gasteiger partial charge < -0.3 is 23.9 Å². The molecule has 22 heavy (non-hydrogen) atoms. The molecule has 2 N–H and O–H groups in total. The van der Waals surface area contributed by atoms with Gasteiger partial charge in [0.05, 0.1) is 12.8 Å². The van der Waals surface area contributed by atoms with Crippen molar-refractivity contribution in [2.75, 3.05) is 19.8 Å². The minimum atomic E-state index is -0.842. The Kier molecular flexibility index (Phi) is 5.41. The van der Waals surface area contributed by atoms with Crippen LogP contribution in [0.15, 0.2) is 34.8 Å². The number of hydrogen-bond acceptors (Lipinski definition) is 7. The zero-order chi connectivity index (χ0) is 15.8. The first-order valence-electron chi connectivity index (χ1n) is 6.37. The average Bonchev–Trinajstić information content (AvgIpc) is 3.05. The number of urea groups is 1. The van der Waals surface area contributed by atoms with Crippen LogP contribution in [0.3, 0.4) is 0 Å². The Hall–Kier alpha value is -2.97. The maximum Gasteiger partial charge on any atom is 0.377 e. The fourth-order valence-corrected chi connectivity index (χ4v) is 1.47. The van der Waals surface area contributed by atoms with Crippen molar-refractivity contribution in [3.63, 3.8) is 0 Å². The number of ether oxygens (including phenoxy) is 3. The normalized spacial score (nSPS) is 13.2. The van der Waals surface area contributed by atoms with Crippen LogP contribution in [0.5, 0.6) is 0 Å². The summed E-state index contributed by atoms with van der Waals surface area (Å²) >= 11 is 0. The molecule has 1 aromatic heterocycles. The Morgan fingerprint density at radius 1 is 1.27 bits per heavy atom. The lowest BCUT2D eigenvalue weighted by molar-refractivity contribution is -0.149. The Balaban J connectivity index is 1.65. The van der Waals surface area contributed by atoms with Crippen molar-refractivity contribution in [2.24, 2.45) is 0 Å². The largest absolute Gasteiger partial charge is 0.493 e. The zero-order valence-corrected chi connectivity index (χ0v) is 11.5. The summed E-state index contributed by atoms with van der Waals surface area (Å²) in [5.41, 5.74) is 0. The molecule has 1 aliphatic rings. The SMILES string of the molecule is O=C(COC(=O)C1=COCCO1)NC(=O)NCc1ccco1. The van der Waals surface area contributed by atoms with E-state index in [-0.39, 0.29) is 18.9 Å². The number of hydrogen-bond donors (Lipinski definition) is 2. The Bertz CT molecular complexity index is 565. The second-order valence-corrected chi connectivity index (χ2v) is 4.09. The molecule has 0 fully saturated rings. The van der Waals surface area contributed by atoms with Gasteiger partial charge in [-0.25, -0.2) is 9.59 Å². The van der Waals surface area contributed by atoms with E-state index in [9.17, 15) is 14.4 Å². The van der Waals surface area contributed by atoms with Gasteiger partial charge in [0, 0.05) is 0 Å². The Morgan fingerprint density at radius 2 is 2.14 bits per heavy atom. The van der Waals surface area contributed by atoms with E-state index in [1.807, 2.05) is 5.32 Å². The number of carbonyl (C=O) groups is 3. The summed E-state index contributed by atoms with van der Waals surface area (Å²) < 4.78 is 19.5. The van der Waals surface area contributed by atoms with Gasteiger partial charge in [0.2, 0.25) is 5.76 Å². The third kappa shape index (κ3) is 4.85. The van der Waals surface area contributed by atoms with Gasteiger partial charge in [-0.15, -0.1) is 0 Å². The first-order valence-corrected chi connectivity index (χ1v) is 6.37. The van der Waals surface area contributed by atoms with Gasteiger partial charge in [-0.1, -0.05) is 0 Å². The van der Waals surface area contributed by atoms with Crippen LogP contribution in [0.4, 0.5) is 4.79 Å². The predicted molar refractivity (Wildman–Crippen MR) is 70.0 cm³/mol. The van der Waals surface area contributed by atoms with Gasteiger partial charge in [0.1, 0.15) is 25.2 Å². The van der Waals surface area contributed by atoms with Gasteiger partial charge in [-0.3, -0.25) is 10.1 Å². The maximum atomic E-state index is 11.5. The third-order valence-electron chi connectivity index (χ3n) is 2.44. The quantitative estimate of drug-likeness (QED) is 0.737. The Morgan fingerprint density at radius 3 is 2.82 bits per heavy atom. The highest BCUT2D eigenvalue weighted by Crippen LogP contribution is 2.05. The van der Waals surface area contributed by atoms with Crippen LogP contribution in [0.25, 0.3) is 0 Å². The minimum absolute atomic E-state index is 0.124. The molecular formula is C13H14N2O7. The molecule has 3 amide bonds. The van der Waals surface area contributed by atoms with E-state index in [0.29, 0.717) is 12.4 Å². The summed E-state index contributed by atoms with van der Waals surface area (Å²) in [6.45, 7) is 0.0765. The summed E-state index contributed by atoms with van der Waals surface area (Å²) in [7, 11) is 0. The molecule has 0 saturated heterocycles. The van der Waals surface area contributed by atoms with Crippen molar-refractivity contribution in [3.8, 4) is 0 Å². The molecule has 9 heteroatoms. The molecule has 2 heterocycles. The lowest BCUT2D eigenvalue weighted by atomic mass is 10.4. The number of imide groups is 1. The van der Waals surface area contributed by atoms with E-state index in [4.69, 9.17) is 13.9 Å². The van der Waals surface area contributed by atoms with Crippen LogP contribution in [0.1, 0.15) is 5.76 Å². The molecule has 0 spiro atoms. The lowest BCUT2D eigenvalue weighted by Gasteiger charge is -2.14. The number of nitrogens with one attached hydrogen (secondary N) is 2. The molecule has 0 bridgehead atoms. The second-order valence-electron chi connectivity index (χ2n) is 4.09. The van der Waals surface area contributed by atoms with E-state index in [2.05, 4.69) is 10.1 Å². The predicted octanol–water partition coefficient (Wildman–Crippen LogP) is 0.0368. The monoisotopic (exact) mass is 310 g/mol. The van der Waals surface area contributed by atoms with Crippen molar-refractivity contribution in [1.82, 2.24) is 10.6 Å². The molecule has 118 valence electrons. The average molecular weight is 310 g/mol. The molecule has 0 saturated carbocycles. The first-order chi connectivity index (χ1) is 10.6. The fraction of sp³-hybridized carbons (Fsp3) is 0.308. The summed E-state index contributed by atoms with van der Waals surface area (Å²) in [6, 6.07) is 2.61. The topological polar surface area (TPSA) is 116 Å². The molecule has 0 radical (unpaired) electrons. The number of amides is 3. The first kappa shape index (κ1) is 15.4. The Labute approximate surface area is 125 Å². The highest BCUT2D eigenvalue weighted by molar-refractivity contribution is 5.96. The minimum Gasteiger partial charge on any atom is -0.493 e. The summed E-state index contributed by atoms with van der Waals surface area (Å²) in [5, 5.41) is 4.41. The van der Waals surface area contributed by atoms with E-state index in [1.54, 1.807) is 12.1 Å². The van der Waals surface area contributed by atoms with Crippen LogP contribution in [0.2, 0.25) is 0 Å². The molecule has 0 aromatic carbocycles. The van der Waals surface area contributed by atoms with Crippen LogP contribution >= 0.6 is 0 Å². The maximum absolute atomic E-state index is 11.5. The van der Waals surface area contributed by atoms with Crippen molar-refractivity contribution < 1.29 is 33.0 Å². The second kappa shape index (κ2) is 7.72. The van der Waals surface area contributed by atoms with Crippen LogP contribution < -0.4 is 10.6 Å². The summed E-state index contributed by atoms with van der Waals surface area (Å²) in [5.74, 6) is -1.20. The fourth-order valence-electron chi connectivity index (χ4n) is 1.47. The van der Waals surface area contributed by atoms with Crippen molar-refractivity contribution in [3.05, 3.63) is 36.2 Å². The van der Waals surface area contributed by atoms with E-state index >= 15 is 0 Å². The van der Waals surface area contributed by atoms with Crippen LogP contribution in [-0.4, -0.2) is 37.7 Å². The molecule has 1 aromatic rings. The number of rotatable bonds is 5. The number of esters is 1. The standard InChI is InChI=1S/C13H14N2O7/c16-11(8-22-12(17)10-7-19-4-5-21-10)15-13(18)14-6-9-2-1-3-20-9/h1-3,7H,4-6,8H2,(H2,14,15,16,18). The third-order valence-corrected chi connectivity index (χ3v) is 2.44. The van der Waals surface area contributed by atoms with Gasteiger partial charge in [-0.05, 0) is 12.1 Å². The molecule has 0 aliphatic carbocycles. The molecule has 0 unspecified atom stereocenters. The van der Waals surface area contributed by atoms with Crippen molar-refractivity contribution in [2.45, 2.75) is 6.54 Å². The molecule has 0 atom stereocenters. The number of carbonyl (C=O) groups excluding carboxylic acids is 3. The highest BCUT2D eigenvalue weighted by Gasteiger charge is 2.18.